The van der Waals surface area contributed by atoms with Gasteiger partial charge in [-0.1, -0.05) is 24.3 Å². The van der Waals surface area contributed by atoms with Crippen LogP contribution in [0.5, 0.6) is 0 Å². The fourth-order valence-corrected chi connectivity index (χ4v) is 3.55. The van der Waals surface area contributed by atoms with Crippen molar-refractivity contribution in [2.24, 2.45) is 5.92 Å². The molecule has 0 spiro atoms. The van der Waals surface area contributed by atoms with Crippen molar-refractivity contribution in [1.82, 2.24) is 5.32 Å². The van der Waals surface area contributed by atoms with Gasteiger partial charge in [0.15, 0.2) is 0 Å². The normalized spacial score (nSPS) is 21.0. The molecule has 1 aromatic heterocycles. The van der Waals surface area contributed by atoms with Crippen molar-refractivity contribution in [1.29, 1.82) is 0 Å². The van der Waals surface area contributed by atoms with Gasteiger partial charge in [0.2, 0.25) is 5.91 Å². The Morgan fingerprint density at radius 2 is 2.09 bits per heavy atom. The topological polar surface area (TPSA) is 52.6 Å². The van der Waals surface area contributed by atoms with Crippen molar-refractivity contribution >= 4 is 22.9 Å². The molecule has 2 aromatic rings. The van der Waals surface area contributed by atoms with Crippen LogP contribution in [0.4, 0.5) is 5.69 Å². The summed E-state index contributed by atoms with van der Waals surface area (Å²) in [5.41, 5.74) is 0.962. The van der Waals surface area contributed by atoms with Crippen molar-refractivity contribution in [3.8, 4) is 0 Å². The first-order valence-corrected chi connectivity index (χ1v) is 8.43. The summed E-state index contributed by atoms with van der Waals surface area (Å²) >= 11 is 1.70. The van der Waals surface area contributed by atoms with Crippen LogP contribution in [0, 0.1) is 5.92 Å². The minimum atomic E-state index is -0.746. The highest BCUT2D eigenvalue weighted by molar-refractivity contribution is 7.09. The Kier molecular flexibility index (Phi) is 4.75. The number of para-hydroxylation sites is 1. The molecule has 0 aliphatic carbocycles. The lowest BCUT2D eigenvalue weighted by Crippen LogP contribution is -2.40. The predicted octanol–water partition coefficient (Wildman–Crippen LogP) is 2.25. The summed E-state index contributed by atoms with van der Waals surface area (Å²) in [6.07, 6.45) is 0.777. The van der Waals surface area contributed by atoms with E-state index in [1.807, 2.05) is 46.7 Å². The van der Waals surface area contributed by atoms with Crippen molar-refractivity contribution in [3.63, 3.8) is 0 Å². The molecular weight excluding hydrogens is 296 g/mol. The molecule has 1 aliphatic rings. The molecule has 2 unspecified atom stereocenters. The molecule has 22 heavy (non-hydrogen) atoms. The summed E-state index contributed by atoms with van der Waals surface area (Å²) in [6, 6.07) is 13.8. The number of aliphatic hydroxyl groups is 1. The maximum Gasteiger partial charge on any atom is 0.227 e. The number of hydrogen-bond acceptors (Lipinski definition) is 4. The average molecular weight is 316 g/mol. The third kappa shape index (κ3) is 3.31. The standard InChI is InChI=1S/C17H20N2O2S/c20-16(18-10-8-14-7-4-12-22-14)15-9-11-19(17(15)21)13-5-2-1-3-6-13/h1-7,12,15,17,21H,8-11H2,(H,18,20). The number of nitrogens with zero attached hydrogens (tertiary/aromatic N) is 1. The van der Waals surface area contributed by atoms with E-state index in [4.69, 9.17) is 0 Å². The minimum absolute atomic E-state index is 0.0533. The number of carbonyl (C=O) groups excluding carboxylic acids is 1. The van der Waals surface area contributed by atoms with Gasteiger partial charge in [0.1, 0.15) is 6.23 Å². The number of nitrogens with one attached hydrogen (secondary N) is 1. The highest BCUT2D eigenvalue weighted by Gasteiger charge is 2.37. The second-order valence-electron chi connectivity index (χ2n) is 5.46. The number of thiophene rings is 1. The lowest BCUT2D eigenvalue weighted by Gasteiger charge is -2.25. The van der Waals surface area contributed by atoms with Crippen LogP contribution in [0.2, 0.25) is 0 Å². The average Bonchev–Trinajstić information content (AvgIpc) is 3.18. The number of carbonyl (C=O) groups is 1. The fourth-order valence-electron chi connectivity index (χ4n) is 2.84. The summed E-state index contributed by atoms with van der Waals surface area (Å²) in [6.45, 7) is 1.32. The Morgan fingerprint density at radius 1 is 1.27 bits per heavy atom. The molecule has 2 atom stereocenters. The molecule has 116 valence electrons. The minimum Gasteiger partial charge on any atom is -0.373 e. The predicted molar refractivity (Wildman–Crippen MR) is 88.9 cm³/mol. The van der Waals surface area contributed by atoms with Gasteiger partial charge in [0, 0.05) is 23.7 Å². The molecule has 1 aromatic carbocycles. The van der Waals surface area contributed by atoms with Gasteiger partial charge in [-0.25, -0.2) is 0 Å². The Balaban J connectivity index is 1.53. The van der Waals surface area contributed by atoms with Crippen LogP contribution in [0.25, 0.3) is 0 Å². The Bertz CT molecular complexity index is 600. The van der Waals surface area contributed by atoms with E-state index in [2.05, 4.69) is 11.4 Å². The molecule has 0 radical (unpaired) electrons. The molecular formula is C17H20N2O2S. The van der Waals surface area contributed by atoms with Crippen LogP contribution in [0.3, 0.4) is 0 Å². The van der Waals surface area contributed by atoms with Crippen LogP contribution in [0.1, 0.15) is 11.3 Å². The highest BCUT2D eigenvalue weighted by atomic mass is 32.1. The number of anilines is 1. The van der Waals surface area contributed by atoms with E-state index in [1.54, 1.807) is 11.3 Å². The number of amides is 1. The van der Waals surface area contributed by atoms with Crippen LogP contribution >= 0.6 is 11.3 Å². The van der Waals surface area contributed by atoms with Gasteiger partial charge in [0.25, 0.3) is 0 Å². The number of hydrogen-bond donors (Lipinski definition) is 2. The molecule has 1 saturated heterocycles. The monoisotopic (exact) mass is 316 g/mol. The fraction of sp³-hybridized carbons (Fsp3) is 0.353. The van der Waals surface area contributed by atoms with E-state index in [9.17, 15) is 9.90 Å². The Hall–Kier alpha value is -1.85. The van der Waals surface area contributed by atoms with Crippen LogP contribution in [-0.4, -0.2) is 30.3 Å². The zero-order valence-corrected chi connectivity index (χ0v) is 13.1. The molecule has 1 aliphatic heterocycles. The van der Waals surface area contributed by atoms with Gasteiger partial charge in [-0.05, 0) is 36.4 Å². The highest BCUT2D eigenvalue weighted by Crippen LogP contribution is 2.28. The first kappa shape index (κ1) is 15.1. The summed E-state index contributed by atoms with van der Waals surface area (Å²) in [5.74, 6) is -0.411. The van der Waals surface area contributed by atoms with Crippen molar-refractivity contribution in [3.05, 3.63) is 52.7 Å². The van der Waals surface area contributed by atoms with E-state index in [-0.39, 0.29) is 11.8 Å². The van der Waals surface area contributed by atoms with E-state index in [0.29, 0.717) is 19.5 Å². The zero-order chi connectivity index (χ0) is 15.4. The number of aliphatic hydroxyl groups excluding tert-OH is 1. The lowest BCUT2D eigenvalue weighted by molar-refractivity contribution is -0.127. The maximum atomic E-state index is 12.3. The Morgan fingerprint density at radius 3 is 2.82 bits per heavy atom. The molecule has 0 saturated carbocycles. The number of benzene rings is 1. The third-order valence-electron chi connectivity index (χ3n) is 4.04. The van der Waals surface area contributed by atoms with Gasteiger partial charge >= 0.3 is 0 Å². The second kappa shape index (κ2) is 6.94. The summed E-state index contributed by atoms with van der Waals surface area (Å²) < 4.78 is 0. The van der Waals surface area contributed by atoms with Crippen molar-refractivity contribution in [2.75, 3.05) is 18.0 Å². The summed E-state index contributed by atoms with van der Waals surface area (Å²) in [7, 11) is 0. The lowest BCUT2D eigenvalue weighted by atomic mass is 10.1. The Labute approximate surface area is 134 Å². The van der Waals surface area contributed by atoms with Crippen molar-refractivity contribution < 1.29 is 9.90 Å². The van der Waals surface area contributed by atoms with Gasteiger partial charge in [-0.15, -0.1) is 11.3 Å². The van der Waals surface area contributed by atoms with Gasteiger partial charge in [0.05, 0.1) is 5.92 Å². The molecule has 4 nitrogen and oxygen atoms in total. The quantitative estimate of drug-likeness (QED) is 0.889. The largest absolute Gasteiger partial charge is 0.373 e. The van der Waals surface area contributed by atoms with Crippen LogP contribution in [-0.2, 0) is 11.2 Å². The van der Waals surface area contributed by atoms with E-state index in [1.165, 1.54) is 4.88 Å². The van der Waals surface area contributed by atoms with Crippen LogP contribution < -0.4 is 10.2 Å². The second-order valence-corrected chi connectivity index (χ2v) is 6.49. The van der Waals surface area contributed by atoms with Gasteiger partial charge in [-0.2, -0.15) is 0 Å². The zero-order valence-electron chi connectivity index (χ0n) is 12.3. The van der Waals surface area contributed by atoms with E-state index >= 15 is 0 Å². The van der Waals surface area contributed by atoms with Crippen LogP contribution in [0.15, 0.2) is 47.8 Å². The third-order valence-corrected chi connectivity index (χ3v) is 4.97. The number of rotatable bonds is 5. The first-order valence-electron chi connectivity index (χ1n) is 7.55. The van der Waals surface area contributed by atoms with Crippen molar-refractivity contribution in [2.45, 2.75) is 19.1 Å². The van der Waals surface area contributed by atoms with E-state index in [0.717, 1.165) is 12.1 Å². The van der Waals surface area contributed by atoms with Gasteiger partial charge < -0.3 is 15.3 Å². The molecule has 0 bridgehead atoms. The first-order chi connectivity index (χ1) is 10.8. The molecule has 2 N–H and O–H groups in total. The molecule has 3 rings (SSSR count). The molecule has 1 amide bonds. The van der Waals surface area contributed by atoms with Gasteiger partial charge in [-0.3, -0.25) is 4.79 Å². The smallest absolute Gasteiger partial charge is 0.227 e. The molecule has 1 fully saturated rings. The summed E-state index contributed by atoms with van der Waals surface area (Å²) in [5, 5.41) is 15.4. The maximum absolute atomic E-state index is 12.3. The van der Waals surface area contributed by atoms with E-state index < -0.39 is 6.23 Å². The molecule has 5 heteroatoms. The molecule has 2 heterocycles. The SMILES string of the molecule is O=C(NCCc1cccs1)C1CCN(c2ccccc2)C1O. The summed E-state index contributed by atoms with van der Waals surface area (Å²) in [4.78, 5) is 15.4.